The molecule has 1 saturated carbocycles. The number of fused-ring (bicyclic) bond motifs is 1. The van der Waals surface area contributed by atoms with Crippen molar-refractivity contribution in [2.75, 3.05) is 26.3 Å². The Bertz CT molecular complexity index is 749. The molecule has 2 fully saturated rings. The Hall–Kier alpha value is -1.79. The van der Waals surface area contributed by atoms with E-state index < -0.39 is 0 Å². The van der Waals surface area contributed by atoms with Gasteiger partial charge in [0.05, 0.1) is 4.91 Å². The van der Waals surface area contributed by atoms with E-state index in [1.807, 2.05) is 36.1 Å². The lowest BCUT2D eigenvalue weighted by Crippen LogP contribution is -2.54. The highest BCUT2D eigenvalue weighted by Crippen LogP contribution is 2.42. The predicted molar refractivity (Wildman–Crippen MR) is 119 cm³/mol. The van der Waals surface area contributed by atoms with Gasteiger partial charge in [-0.25, -0.2) is 0 Å². The van der Waals surface area contributed by atoms with E-state index in [4.69, 9.17) is 4.74 Å². The normalized spacial score (nSPS) is 23.2. The number of benzene rings is 1. The number of carbonyl (C=O) groups is 2. The van der Waals surface area contributed by atoms with Gasteiger partial charge < -0.3 is 15.0 Å². The van der Waals surface area contributed by atoms with Gasteiger partial charge in [-0.05, 0) is 50.3 Å². The smallest absolute Gasteiger partial charge is 0.261 e. The Morgan fingerprint density at radius 2 is 2.10 bits per heavy atom. The molecule has 2 amide bonds. The standard InChI is InChI=1S/C23H32N2O3S/c1-3-28-14-8-13-24-22(26)16-25-19-11-6-7-12-20(19)29-21(23(25)27)15-18-10-5-4-9-17(18)2/h4-5,9-10,15,19-20H,3,6-8,11-14,16H2,1-2H3,(H,24,26)/b21-15-. The number of thioether (sulfide) groups is 1. The van der Waals surface area contributed by atoms with Crippen LogP contribution >= 0.6 is 11.8 Å². The van der Waals surface area contributed by atoms with Crippen molar-refractivity contribution in [2.24, 2.45) is 0 Å². The molecule has 2 aliphatic rings. The van der Waals surface area contributed by atoms with E-state index in [2.05, 4.69) is 18.3 Å². The van der Waals surface area contributed by atoms with Gasteiger partial charge in [-0.1, -0.05) is 37.1 Å². The first-order valence-corrected chi connectivity index (χ1v) is 11.6. The number of aryl methyl sites for hydroxylation is 1. The topological polar surface area (TPSA) is 58.6 Å². The second-order valence-corrected chi connectivity index (χ2v) is 8.99. The molecule has 2 atom stereocenters. The highest BCUT2D eigenvalue weighted by molar-refractivity contribution is 8.04. The number of nitrogens with one attached hydrogen (secondary N) is 1. The maximum absolute atomic E-state index is 13.3. The highest BCUT2D eigenvalue weighted by Gasteiger charge is 2.41. The van der Waals surface area contributed by atoms with Gasteiger partial charge in [-0.2, -0.15) is 0 Å². The molecule has 1 heterocycles. The second-order valence-electron chi connectivity index (χ2n) is 7.71. The summed E-state index contributed by atoms with van der Waals surface area (Å²) in [6.45, 7) is 6.06. The van der Waals surface area contributed by atoms with E-state index >= 15 is 0 Å². The molecule has 0 bridgehead atoms. The highest BCUT2D eigenvalue weighted by atomic mass is 32.2. The Balaban J connectivity index is 1.70. The minimum atomic E-state index is -0.0821. The molecule has 6 heteroatoms. The Morgan fingerprint density at radius 1 is 1.31 bits per heavy atom. The fourth-order valence-corrected chi connectivity index (χ4v) is 5.47. The van der Waals surface area contributed by atoms with Crippen molar-refractivity contribution in [1.82, 2.24) is 10.2 Å². The molecule has 158 valence electrons. The number of carbonyl (C=O) groups excluding carboxylic acids is 2. The van der Waals surface area contributed by atoms with Crippen molar-refractivity contribution in [3.63, 3.8) is 0 Å². The number of amides is 2. The molecule has 3 rings (SSSR count). The first kappa shape index (κ1) is 21.9. The van der Waals surface area contributed by atoms with Crippen LogP contribution in [0.2, 0.25) is 0 Å². The van der Waals surface area contributed by atoms with Crippen molar-refractivity contribution in [3.05, 3.63) is 40.3 Å². The zero-order valence-corrected chi connectivity index (χ0v) is 18.3. The predicted octanol–water partition coefficient (Wildman–Crippen LogP) is 3.77. The van der Waals surface area contributed by atoms with Gasteiger partial charge in [0, 0.05) is 31.1 Å². The van der Waals surface area contributed by atoms with Crippen LogP contribution in [-0.2, 0) is 14.3 Å². The quantitative estimate of drug-likeness (QED) is 0.518. The number of nitrogens with zero attached hydrogens (tertiary/aromatic N) is 1. The van der Waals surface area contributed by atoms with Crippen LogP contribution in [0, 0.1) is 6.92 Å². The number of rotatable bonds is 8. The first-order chi connectivity index (χ1) is 14.1. The van der Waals surface area contributed by atoms with Crippen LogP contribution in [0.15, 0.2) is 29.2 Å². The zero-order valence-electron chi connectivity index (χ0n) is 17.5. The molecule has 1 aliphatic heterocycles. The third-order valence-electron chi connectivity index (χ3n) is 5.60. The third kappa shape index (κ3) is 5.86. The van der Waals surface area contributed by atoms with Crippen LogP contribution < -0.4 is 5.32 Å². The van der Waals surface area contributed by atoms with Crippen LogP contribution in [0.1, 0.15) is 50.2 Å². The zero-order chi connectivity index (χ0) is 20.6. The fraction of sp³-hybridized carbons (Fsp3) is 0.565. The van der Waals surface area contributed by atoms with Gasteiger partial charge in [0.1, 0.15) is 6.54 Å². The maximum Gasteiger partial charge on any atom is 0.261 e. The molecule has 29 heavy (non-hydrogen) atoms. The monoisotopic (exact) mass is 416 g/mol. The van der Waals surface area contributed by atoms with Crippen molar-refractivity contribution in [3.8, 4) is 0 Å². The molecule has 0 radical (unpaired) electrons. The summed E-state index contributed by atoms with van der Waals surface area (Å²) in [5.41, 5.74) is 2.22. The van der Waals surface area contributed by atoms with Crippen LogP contribution in [0.5, 0.6) is 0 Å². The van der Waals surface area contributed by atoms with Gasteiger partial charge in [0.15, 0.2) is 0 Å². The lowest BCUT2D eigenvalue weighted by Gasteiger charge is -2.43. The van der Waals surface area contributed by atoms with E-state index in [0.717, 1.165) is 41.7 Å². The molecule has 5 nitrogen and oxygen atoms in total. The SMILES string of the molecule is CCOCCCNC(=O)CN1C(=O)/C(=C/c2ccccc2C)SC2CCCCC21. The van der Waals surface area contributed by atoms with Crippen LogP contribution in [-0.4, -0.2) is 54.3 Å². The number of hydrogen-bond donors (Lipinski definition) is 1. The van der Waals surface area contributed by atoms with Gasteiger partial charge in [0.2, 0.25) is 5.91 Å². The van der Waals surface area contributed by atoms with Gasteiger partial charge in [-0.3, -0.25) is 9.59 Å². The van der Waals surface area contributed by atoms with E-state index in [-0.39, 0.29) is 24.4 Å². The Kier molecular flexibility index (Phi) is 8.19. The first-order valence-electron chi connectivity index (χ1n) is 10.7. The maximum atomic E-state index is 13.3. The van der Waals surface area contributed by atoms with Gasteiger partial charge >= 0.3 is 0 Å². The summed E-state index contributed by atoms with van der Waals surface area (Å²) in [4.78, 5) is 28.4. The molecule has 0 aromatic heterocycles. The minimum Gasteiger partial charge on any atom is -0.382 e. The molecule has 1 saturated heterocycles. The van der Waals surface area contributed by atoms with Gasteiger partial charge in [-0.15, -0.1) is 11.8 Å². The van der Waals surface area contributed by atoms with Crippen molar-refractivity contribution in [1.29, 1.82) is 0 Å². The second kappa shape index (κ2) is 10.8. The van der Waals surface area contributed by atoms with E-state index in [9.17, 15) is 9.59 Å². The molecule has 0 spiro atoms. The fourth-order valence-electron chi connectivity index (χ4n) is 4.01. The summed E-state index contributed by atoms with van der Waals surface area (Å²) in [7, 11) is 0. The molecular formula is C23H32N2O3S. The van der Waals surface area contributed by atoms with Gasteiger partial charge in [0.25, 0.3) is 5.91 Å². The number of ether oxygens (including phenoxy) is 1. The summed E-state index contributed by atoms with van der Waals surface area (Å²) in [5.74, 6) is -0.0906. The van der Waals surface area contributed by atoms with Crippen LogP contribution in [0.3, 0.4) is 0 Å². The van der Waals surface area contributed by atoms with Crippen molar-refractivity contribution < 1.29 is 14.3 Å². The van der Waals surface area contributed by atoms with E-state index in [1.54, 1.807) is 11.8 Å². The lowest BCUT2D eigenvalue weighted by molar-refractivity contribution is -0.135. The summed E-state index contributed by atoms with van der Waals surface area (Å²) < 4.78 is 5.31. The number of hydrogen-bond acceptors (Lipinski definition) is 4. The van der Waals surface area contributed by atoms with E-state index in [1.165, 1.54) is 6.42 Å². The van der Waals surface area contributed by atoms with Crippen LogP contribution in [0.25, 0.3) is 6.08 Å². The summed E-state index contributed by atoms with van der Waals surface area (Å²) in [6.07, 6.45) is 7.18. The summed E-state index contributed by atoms with van der Waals surface area (Å²) in [6, 6.07) is 8.25. The van der Waals surface area contributed by atoms with Crippen molar-refractivity contribution in [2.45, 2.75) is 57.2 Å². The van der Waals surface area contributed by atoms with Crippen LogP contribution in [0.4, 0.5) is 0 Å². The molecule has 2 unspecified atom stereocenters. The Labute approximate surface area is 178 Å². The minimum absolute atomic E-state index is 0.00845. The molecule has 1 aliphatic carbocycles. The largest absolute Gasteiger partial charge is 0.382 e. The van der Waals surface area contributed by atoms with E-state index in [0.29, 0.717) is 25.0 Å². The Morgan fingerprint density at radius 3 is 2.90 bits per heavy atom. The molecule has 1 aromatic carbocycles. The lowest BCUT2D eigenvalue weighted by atomic mass is 9.93. The summed E-state index contributed by atoms with van der Waals surface area (Å²) >= 11 is 1.71. The molecular weight excluding hydrogens is 384 g/mol. The molecule has 1 aromatic rings. The molecule has 1 N–H and O–H groups in total. The average molecular weight is 417 g/mol. The third-order valence-corrected chi connectivity index (χ3v) is 7.00. The van der Waals surface area contributed by atoms with Crippen molar-refractivity contribution >= 4 is 29.7 Å². The average Bonchev–Trinajstić information content (AvgIpc) is 2.72. The summed E-state index contributed by atoms with van der Waals surface area (Å²) in [5, 5.41) is 3.32.